The molecular weight excluding hydrogens is 360 g/mol. The average Bonchev–Trinajstić information content (AvgIpc) is 2.66. The average molecular weight is 393 g/mol. The van der Waals surface area contributed by atoms with Crippen LogP contribution >= 0.6 is 0 Å². The topological polar surface area (TPSA) is 43.4 Å². The summed E-state index contributed by atoms with van der Waals surface area (Å²) in [5.41, 5.74) is 4.80. The van der Waals surface area contributed by atoms with Gasteiger partial charge in [-0.25, -0.2) is 0 Å². The molecular formula is C26H32O3. The van der Waals surface area contributed by atoms with Crippen LogP contribution < -0.4 is 4.74 Å². The number of carbonyl (C=O) groups is 2. The predicted molar refractivity (Wildman–Crippen MR) is 117 cm³/mol. The normalized spacial score (nSPS) is 19.3. The summed E-state index contributed by atoms with van der Waals surface area (Å²) >= 11 is 0. The number of aryl methyl sites for hydroxylation is 1. The van der Waals surface area contributed by atoms with Crippen molar-refractivity contribution in [2.24, 2.45) is 5.92 Å². The molecule has 1 unspecified atom stereocenters. The highest BCUT2D eigenvalue weighted by molar-refractivity contribution is 6.14. The maximum absolute atomic E-state index is 13.0. The first-order valence-corrected chi connectivity index (χ1v) is 10.3. The van der Waals surface area contributed by atoms with Gasteiger partial charge in [0.05, 0.1) is 13.5 Å². The smallest absolute Gasteiger partial charge is 0.170 e. The molecule has 0 radical (unpaired) electrons. The number of benzene rings is 2. The second kappa shape index (κ2) is 7.44. The van der Waals surface area contributed by atoms with Crippen molar-refractivity contribution < 1.29 is 14.3 Å². The fourth-order valence-corrected chi connectivity index (χ4v) is 4.62. The van der Waals surface area contributed by atoms with E-state index >= 15 is 0 Å². The highest BCUT2D eigenvalue weighted by atomic mass is 16.5. The highest BCUT2D eigenvalue weighted by Crippen LogP contribution is 2.49. The van der Waals surface area contributed by atoms with E-state index in [4.69, 9.17) is 4.74 Å². The summed E-state index contributed by atoms with van der Waals surface area (Å²) in [5, 5.41) is 0. The summed E-state index contributed by atoms with van der Waals surface area (Å²) in [7, 11) is 1.59. The molecule has 0 N–H and O–H groups in total. The summed E-state index contributed by atoms with van der Waals surface area (Å²) in [6.07, 6.45) is 0.959. The fourth-order valence-electron chi connectivity index (χ4n) is 4.62. The van der Waals surface area contributed by atoms with Crippen LogP contribution in [0.4, 0.5) is 0 Å². The first-order chi connectivity index (χ1) is 13.5. The molecule has 29 heavy (non-hydrogen) atoms. The lowest BCUT2D eigenvalue weighted by molar-refractivity contribution is 0.0893. The summed E-state index contributed by atoms with van der Waals surface area (Å²) in [4.78, 5) is 25.7. The molecule has 0 fully saturated rings. The lowest BCUT2D eigenvalue weighted by Crippen LogP contribution is -2.40. The van der Waals surface area contributed by atoms with E-state index in [0.29, 0.717) is 22.8 Å². The van der Waals surface area contributed by atoms with Crippen LogP contribution in [0.3, 0.4) is 0 Å². The Morgan fingerprint density at radius 3 is 2.21 bits per heavy atom. The second-order valence-electron chi connectivity index (χ2n) is 9.68. The highest BCUT2D eigenvalue weighted by Gasteiger charge is 2.42. The third-order valence-electron chi connectivity index (χ3n) is 6.87. The minimum absolute atomic E-state index is 0.00694. The van der Waals surface area contributed by atoms with Gasteiger partial charge < -0.3 is 4.74 Å². The molecule has 3 nitrogen and oxygen atoms in total. The SMILES string of the molecule is COc1ccc(C(=O)CC(=O)c2cc3c(cc2C)C(C)(C)C(C)CC3(C)C)cc1. The molecule has 0 aliphatic heterocycles. The maximum Gasteiger partial charge on any atom is 0.170 e. The molecule has 154 valence electrons. The van der Waals surface area contributed by atoms with Crippen LogP contribution in [-0.2, 0) is 10.8 Å². The molecule has 0 saturated carbocycles. The molecule has 2 aromatic rings. The van der Waals surface area contributed by atoms with Gasteiger partial charge in [-0.2, -0.15) is 0 Å². The molecule has 0 heterocycles. The number of hydrogen-bond acceptors (Lipinski definition) is 3. The van der Waals surface area contributed by atoms with Gasteiger partial charge in [-0.15, -0.1) is 0 Å². The van der Waals surface area contributed by atoms with Crippen LogP contribution in [-0.4, -0.2) is 18.7 Å². The Morgan fingerprint density at radius 2 is 1.62 bits per heavy atom. The van der Waals surface area contributed by atoms with Gasteiger partial charge in [0.15, 0.2) is 11.6 Å². The molecule has 0 bridgehead atoms. The third-order valence-corrected chi connectivity index (χ3v) is 6.87. The van der Waals surface area contributed by atoms with E-state index in [1.54, 1.807) is 31.4 Å². The largest absolute Gasteiger partial charge is 0.497 e. The van der Waals surface area contributed by atoms with Crippen LogP contribution in [0.5, 0.6) is 5.75 Å². The molecule has 0 saturated heterocycles. The monoisotopic (exact) mass is 392 g/mol. The van der Waals surface area contributed by atoms with E-state index in [9.17, 15) is 9.59 Å². The van der Waals surface area contributed by atoms with Gasteiger partial charge in [-0.3, -0.25) is 9.59 Å². The number of ketones is 2. The molecule has 0 spiro atoms. The van der Waals surface area contributed by atoms with Crippen LogP contribution in [0.15, 0.2) is 36.4 Å². The van der Waals surface area contributed by atoms with Gasteiger partial charge in [0.1, 0.15) is 5.75 Å². The van der Waals surface area contributed by atoms with E-state index < -0.39 is 0 Å². The van der Waals surface area contributed by atoms with E-state index in [2.05, 4.69) is 46.8 Å². The van der Waals surface area contributed by atoms with E-state index in [1.807, 2.05) is 6.92 Å². The van der Waals surface area contributed by atoms with Gasteiger partial charge in [0, 0.05) is 11.1 Å². The summed E-state index contributed by atoms with van der Waals surface area (Å²) in [5.74, 6) is 0.974. The number of methoxy groups -OCH3 is 1. The molecule has 3 rings (SSSR count). The number of ether oxygens (including phenoxy) is 1. The Morgan fingerprint density at radius 1 is 1.00 bits per heavy atom. The number of hydrogen-bond donors (Lipinski definition) is 0. The zero-order chi connectivity index (χ0) is 21.6. The number of fused-ring (bicyclic) bond motifs is 1. The number of carbonyl (C=O) groups excluding carboxylic acids is 2. The Kier molecular flexibility index (Phi) is 5.46. The van der Waals surface area contributed by atoms with Gasteiger partial charge in [-0.05, 0) is 77.1 Å². The van der Waals surface area contributed by atoms with Crippen molar-refractivity contribution in [2.75, 3.05) is 7.11 Å². The third kappa shape index (κ3) is 3.88. The van der Waals surface area contributed by atoms with Crippen LogP contribution in [0, 0.1) is 12.8 Å². The summed E-state index contributed by atoms with van der Waals surface area (Å²) < 4.78 is 5.13. The van der Waals surface area contributed by atoms with Gasteiger partial charge >= 0.3 is 0 Å². The molecule has 0 amide bonds. The van der Waals surface area contributed by atoms with Crippen molar-refractivity contribution in [3.63, 3.8) is 0 Å². The number of rotatable bonds is 5. The predicted octanol–water partition coefficient (Wildman–Crippen LogP) is 6.05. The Hall–Kier alpha value is -2.42. The molecule has 2 aromatic carbocycles. The standard InChI is InChI=1S/C26H32O3/c1-16-12-22-21(25(3,4)15-17(2)26(22,5)6)13-20(16)24(28)14-23(27)18-8-10-19(29-7)11-9-18/h8-13,17H,14-15H2,1-7H3. The first kappa shape index (κ1) is 21.3. The quantitative estimate of drug-likeness (QED) is 0.459. The minimum Gasteiger partial charge on any atom is -0.497 e. The maximum atomic E-state index is 13.0. The minimum atomic E-state index is -0.164. The molecule has 1 aliphatic rings. The summed E-state index contributed by atoms with van der Waals surface area (Å²) in [6.45, 7) is 13.4. The van der Waals surface area contributed by atoms with E-state index in [-0.39, 0.29) is 28.8 Å². The molecule has 3 heteroatoms. The van der Waals surface area contributed by atoms with Crippen LogP contribution in [0.2, 0.25) is 0 Å². The molecule has 1 atom stereocenters. The fraction of sp³-hybridized carbons (Fsp3) is 0.462. The van der Waals surface area contributed by atoms with Crippen molar-refractivity contribution in [1.82, 2.24) is 0 Å². The van der Waals surface area contributed by atoms with Crippen molar-refractivity contribution in [3.05, 3.63) is 64.2 Å². The number of Topliss-reactive ketones (excluding diaryl/α,β-unsaturated/α-hetero) is 2. The Labute approximate surface area is 174 Å². The zero-order valence-electron chi connectivity index (χ0n) is 18.7. The Bertz CT molecular complexity index is 949. The van der Waals surface area contributed by atoms with Crippen LogP contribution in [0.25, 0.3) is 0 Å². The van der Waals surface area contributed by atoms with Gasteiger partial charge in [0.25, 0.3) is 0 Å². The van der Waals surface area contributed by atoms with Crippen molar-refractivity contribution >= 4 is 11.6 Å². The van der Waals surface area contributed by atoms with Crippen molar-refractivity contribution in [2.45, 2.75) is 65.2 Å². The van der Waals surface area contributed by atoms with Gasteiger partial charge in [-0.1, -0.05) is 40.7 Å². The van der Waals surface area contributed by atoms with Gasteiger partial charge in [0.2, 0.25) is 0 Å². The summed E-state index contributed by atoms with van der Waals surface area (Å²) in [6, 6.07) is 11.1. The Balaban J connectivity index is 1.93. The lowest BCUT2D eigenvalue weighted by Gasteiger charge is -2.47. The van der Waals surface area contributed by atoms with Crippen molar-refractivity contribution in [1.29, 1.82) is 0 Å². The van der Waals surface area contributed by atoms with Crippen molar-refractivity contribution in [3.8, 4) is 5.75 Å². The first-order valence-electron chi connectivity index (χ1n) is 10.3. The lowest BCUT2D eigenvalue weighted by atomic mass is 9.58. The van der Waals surface area contributed by atoms with E-state index in [0.717, 1.165) is 12.0 Å². The second-order valence-corrected chi connectivity index (χ2v) is 9.68. The van der Waals surface area contributed by atoms with E-state index in [1.165, 1.54) is 11.1 Å². The molecule has 0 aromatic heterocycles. The zero-order valence-corrected chi connectivity index (χ0v) is 18.7. The van der Waals surface area contributed by atoms with Crippen LogP contribution in [0.1, 0.15) is 84.9 Å². The molecule has 1 aliphatic carbocycles.